The molecule has 0 saturated carbocycles. The van der Waals surface area contributed by atoms with Gasteiger partial charge >= 0.3 is 0 Å². The Morgan fingerprint density at radius 2 is 1.93 bits per heavy atom. The fourth-order valence-corrected chi connectivity index (χ4v) is 2.20. The summed E-state index contributed by atoms with van der Waals surface area (Å²) in [6, 6.07) is 8.91. The summed E-state index contributed by atoms with van der Waals surface area (Å²) in [5, 5.41) is 3.59. The molecular weight excluding hydrogens is 483 g/mol. The van der Waals surface area contributed by atoms with Crippen LogP contribution in [0.5, 0.6) is 17.4 Å². The molecule has 1 aromatic heterocycles. The number of hydrogen-bond acceptors (Lipinski definition) is 5. The highest BCUT2D eigenvalue weighted by molar-refractivity contribution is 14.0. The van der Waals surface area contributed by atoms with E-state index in [1.807, 2.05) is 32.0 Å². The fraction of sp³-hybridized carbons (Fsp3) is 0.333. The van der Waals surface area contributed by atoms with E-state index in [0.29, 0.717) is 48.7 Å². The first-order valence-electron chi connectivity index (χ1n) is 8.33. The minimum absolute atomic E-state index is 0. The lowest BCUT2D eigenvalue weighted by molar-refractivity contribution is 0.316. The van der Waals surface area contributed by atoms with Crippen LogP contribution in [-0.4, -0.2) is 37.3 Å². The molecule has 9 heteroatoms. The molecule has 2 aromatic rings. The number of pyridine rings is 1. The van der Waals surface area contributed by atoms with Crippen LogP contribution >= 0.6 is 35.6 Å². The average Bonchev–Trinajstić information content (AvgIpc) is 2.63. The second kappa shape index (κ2) is 12.4. The molecule has 7 nitrogen and oxygen atoms in total. The summed E-state index contributed by atoms with van der Waals surface area (Å²) >= 11 is 5.77. The Bertz CT molecular complexity index is 729. The number of ether oxygens (including phenoxy) is 3. The van der Waals surface area contributed by atoms with Gasteiger partial charge in [-0.2, -0.15) is 0 Å². The normalized spacial score (nSPS) is 10.7. The van der Waals surface area contributed by atoms with E-state index in [9.17, 15) is 0 Å². The van der Waals surface area contributed by atoms with Crippen LogP contribution < -0.4 is 25.3 Å². The Hall–Kier alpha value is -1.94. The van der Waals surface area contributed by atoms with Gasteiger partial charge in [0.25, 0.3) is 0 Å². The highest BCUT2D eigenvalue weighted by Crippen LogP contribution is 2.29. The second-order valence-electron chi connectivity index (χ2n) is 5.08. The van der Waals surface area contributed by atoms with E-state index in [-0.39, 0.29) is 29.9 Å². The molecular formula is C18H24ClIN4O3. The fourth-order valence-electron chi connectivity index (χ4n) is 2.09. The molecule has 0 unspecified atom stereocenters. The standard InChI is InChI=1S/C18H23ClN4O3.HI/c1-3-24-14-6-7-16(25-4-2)15(11-14)23-18(20)21-9-10-26-17-8-5-13(19)12-22-17;/h5-8,11-12H,3-4,9-10H2,1-2H3,(H3,20,21,23);1H. The molecule has 0 aliphatic rings. The van der Waals surface area contributed by atoms with Gasteiger partial charge in [0.15, 0.2) is 5.96 Å². The van der Waals surface area contributed by atoms with Crippen molar-refractivity contribution < 1.29 is 14.2 Å². The van der Waals surface area contributed by atoms with Gasteiger partial charge in [-0.1, -0.05) is 11.6 Å². The topological polar surface area (TPSA) is 91.0 Å². The number of guanidine groups is 1. The van der Waals surface area contributed by atoms with Gasteiger partial charge in [-0.05, 0) is 32.0 Å². The highest BCUT2D eigenvalue weighted by atomic mass is 127. The number of aliphatic imine (C=N–C) groups is 1. The zero-order valence-corrected chi connectivity index (χ0v) is 18.4. The highest BCUT2D eigenvalue weighted by Gasteiger charge is 2.07. The molecule has 0 saturated heterocycles. The zero-order valence-electron chi connectivity index (χ0n) is 15.3. The lowest BCUT2D eigenvalue weighted by atomic mass is 10.2. The molecule has 0 amide bonds. The molecule has 0 bridgehead atoms. The first-order valence-corrected chi connectivity index (χ1v) is 8.71. The van der Waals surface area contributed by atoms with Gasteiger partial charge in [0.1, 0.15) is 18.1 Å². The van der Waals surface area contributed by atoms with Gasteiger partial charge in [0.2, 0.25) is 5.88 Å². The van der Waals surface area contributed by atoms with Crippen LogP contribution in [0.2, 0.25) is 5.02 Å². The number of nitrogens with two attached hydrogens (primary N) is 1. The Morgan fingerprint density at radius 1 is 1.15 bits per heavy atom. The molecule has 148 valence electrons. The number of hydrogen-bond donors (Lipinski definition) is 2. The SMILES string of the molecule is CCOc1ccc(OCC)c(NC(N)=NCCOc2ccc(Cl)cn2)c1.I. The smallest absolute Gasteiger partial charge is 0.213 e. The minimum Gasteiger partial charge on any atom is -0.494 e. The van der Waals surface area contributed by atoms with Crippen molar-refractivity contribution >= 4 is 47.2 Å². The van der Waals surface area contributed by atoms with Crippen LogP contribution in [0.3, 0.4) is 0 Å². The van der Waals surface area contributed by atoms with Gasteiger partial charge in [-0.3, -0.25) is 0 Å². The quantitative estimate of drug-likeness (QED) is 0.232. The van der Waals surface area contributed by atoms with Crippen molar-refractivity contribution in [2.75, 3.05) is 31.7 Å². The van der Waals surface area contributed by atoms with E-state index in [1.165, 1.54) is 6.20 Å². The van der Waals surface area contributed by atoms with E-state index >= 15 is 0 Å². The molecule has 0 aliphatic carbocycles. The van der Waals surface area contributed by atoms with Gasteiger partial charge in [0.05, 0.1) is 30.5 Å². The first-order chi connectivity index (χ1) is 12.6. The molecule has 0 spiro atoms. The summed E-state index contributed by atoms with van der Waals surface area (Å²) in [5.41, 5.74) is 6.64. The summed E-state index contributed by atoms with van der Waals surface area (Å²) in [5.74, 6) is 2.14. The van der Waals surface area contributed by atoms with Crippen LogP contribution in [0.4, 0.5) is 5.69 Å². The molecule has 27 heavy (non-hydrogen) atoms. The molecule has 1 heterocycles. The number of nitrogens with one attached hydrogen (secondary N) is 1. The van der Waals surface area contributed by atoms with Gasteiger partial charge < -0.3 is 25.3 Å². The van der Waals surface area contributed by atoms with Crippen molar-refractivity contribution in [1.29, 1.82) is 0 Å². The average molecular weight is 507 g/mol. The summed E-state index contributed by atoms with van der Waals surface area (Å²) in [6.45, 7) is 5.68. The van der Waals surface area contributed by atoms with E-state index in [4.69, 9.17) is 31.5 Å². The number of nitrogens with zero attached hydrogens (tertiary/aromatic N) is 2. The van der Waals surface area contributed by atoms with Crippen molar-refractivity contribution in [3.63, 3.8) is 0 Å². The molecule has 0 atom stereocenters. The number of benzene rings is 1. The number of rotatable bonds is 9. The Labute approximate surface area is 181 Å². The Kier molecular flexibility index (Phi) is 10.6. The third-order valence-corrected chi connectivity index (χ3v) is 3.37. The maximum atomic E-state index is 5.95. The van der Waals surface area contributed by atoms with Crippen molar-refractivity contribution in [2.45, 2.75) is 13.8 Å². The summed E-state index contributed by atoms with van der Waals surface area (Å²) in [4.78, 5) is 8.28. The first kappa shape index (κ1) is 23.1. The monoisotopic (exact) mass is 506 g/mol. The molecule has 0 radical (unpaired) electrons. The number of aromatic nitrogens is 1. The molecule has 3 N–H and O–H groups in total. The lowest BCUT2D eigenvalue weighted by Crippen LogP contribution is -2.24. The zero-order chi connectivity index (χ0) is 18.8. The van der Waals surface area contributed by atoms with Crippen molar-refractivity contribution in [2.24, 2.45) is 10.7 Å². The predicted molar refractivity (Wildman–Crippen MR) is 119 cm³/mol. The Morgan fingerprint density at radius 3 is 2.59 bits per heavy atom. The number of anilines is 1. The minimum atomic E-state index is 0. The summed E-state index contributed by atoms with van der Waals surface area (Å²) < 4.78 is 16.6. The third-order valence-electron chi connectivity index (χ3n) is 3.15. The van der Waals surface area contributed by atoms with E-state index in [1.54, 1.807) is 12.1 Å². The number of halogens is 2. The molecule has 0 aliphatic heterocycles. The Balaban J connectivity index is 0.00000364. The maximum Gasteiger partial charge on any atom is 0.213 e. The van der Waals surface area contributed by atoms with Gasteiger partial charge in [-0.25, -0.2) is 9.98 Å². The van der Waals surface area contributed by atoms with Gasteiger partial charge in [0, 0.05) is 18.3 Å². The molecule has 0 fully saturated rings. The van der Waals surface area contributed by atoms with Crippen molar-refractivity contribution in [1.82, 2.24) is 4.98 Å². The van der Waals surface area contributed by atoms with Crippen molar-refractivity contribution in [3.8, 4) is 17.4 Å². The van der Waals surface area contributed by atoms with E-state index in [0.717, 1.165) is 5.75 Å². The predicted octanol–water partition coefficient (Wildman–Crippen LogP) is 3.96. The van der Waals surface area contributed by atoms with Crippen LogP contribution in [-0.2, 0) is 0 Å². The van der Waals surface area contributed by atoms with E-state index in [2.05, 4.69) is 15.3 Å². The third kappa shape index (κ3) is 8.08. The van der Waals surface area contributed by atoms with Gasteiger partial charge in [-0.15, -0.1) is 24.0 Å². The maximum absolute atomic E-state index is 5.95. The van der Waals surface area contributed by atoms with Crippen molar-refractivity contribution in [3.05, 3.63) is 41.6 Å². The molecule has 1 aromatic carbocycles. The van der Waals surface area contributed by atoms with Crippen LogP contribution in [0, 0.1) is 0 Å². The summed E-state index contributed by atoms with van der Waals surface area (Å²) in [6.07, 6.45) is 1.52. The van der Waals surface area contributed by atoms with Crippen LogP contribution in [0.25, 0.3) is 0 Å². The molecule has 2 rings (SSSR count). The summed E-state index contributed by atoms with van der Waals surface area (Å²) in [7, 11) is 0. The van der Waals surface area contributed by atoms with Crippen LogP contribution in [0.15, 0.2) is 41.5 Å². The second-order valence-corrected chi connectivity index (χ2v) is 5.52. The van der Waals surface area contributed by atoms with Crippen LogP contribution in [0.1, 0.15) is 13.8 Å². The van der Waals surface area contributed by atoms with E-state index < -0.39 is 0 Å². The largest absolute Gasteiger partial charge is 0.494 e. The lowest BCUT2D eigenvalue weighted by Gasteiger charge is -2.14.